The van der Waals surface area contributed by atoms with Crippen molar-refractivity contribution in [1.82, 2.24) is 5.32 Å². The zero-order chi connectivity index (χ0) is 15.3. The monoisotopic (exact) mass is 355 g/mol. The van der Waals surface area contributed by atoms with Crippen LogP contribution in [0.2, 0.25) is 0 Å². The van der Waals surface area contributed by atoms with E-state index in [-0.39, 0.29) is 5.97 Å². The van der Waals surface area contributed by atoms with E-state index < -0.39 is 0 Å². The average Bonchev–Trinajstić information content (AvgIpc) is 2.48. The number of methoxy groups -OCH3 is 1. The zero-order valence-corrected chi connectivity index (χ0v) is 14.2. The van der Waals surface area contributed by atoms with Crippen LogP contribution in [-0.4, -0.2) is 32.8 Å². The maximum Gasteiger partial charge on any atom is 0.337 e. The van der Waals surface area contributed by atoms with Crippen molar-refractivity contribution in [2.75, 3.05) is 26.9 Å². The Morgan fingerprint density at radius 3 is 2.76 bits per heavy atom. The number of carbonyl (C=O) groups is 1. The highest BCUT2D eigenvalue weighted by Gasteiger charge is 2.26. The Bertz CT molecular complexity index is 498. The van der Waals surface area contributed by atoms with Gasteiger partial charge in [0.15, 0.2) is 0 Å². The lowest BCUT2D eigenvalue weighted by atomic mass is 9.82. The number of nitrogens with one attached hydrogen (secondary N) is 1. The number of ether oxygens (including phenoxy) is 2. The van der Waals surface area contributed by atoms with Crippen molar-refractivity contribution >= 4 is 21.9 Å². The normalized spacial score (nSPS) is 17.5. The molecule has 0 spiro atoms. The van der Waals surface area contributed by atoms with E-state index in [9.17, 15) is 4.79 Å². The number of rotatable bonds is 5. The largest absolute Gasteiger partial charge is 0.465 e. The van der Waals surface area contributed by atoms with Gasteiger partial charge in [-0.25, -0.2) is 4.79 Å². The smallest absolute Gasteiger partial charge is 0.337 e. The summed E-state index contributed by atoms with van der Waals surface area (Å²) in [6.45, 7) is 5.77. The van der Waals surface area contributed by atoms with Crippen molar-refractivity contribution in [3.63, 3.8) is 0 Å². The zero-order valence-electron chi connectivity index (χ0n) is 12.6. The van der Waals surface area contributed by atoms with Crippen LogP contribution in [0.15, 0.2) is 22.7 Å². The molecule has 1 aliphatic heterocycles. The number of esters is 1. The molecule has 21 heavy (non-hydrogen) atoms. The van der Waals surface area contributed by atoms with Gasteiger partial charge in [-0.2, -0.15) is 0 Å². The van der Waals surface area contributed by atoms with Gasteiger partial charge in [0.2, 0.25) is 0 Å². The SMILES string of the molecule is COC(=O)c1ccc(CNCC2(C)CCOCC2)c(Br)c1. The Hall–Kier alpha value is -0.910. The molecule has 1 aliphatic rings. The van der Waals surface area contributed by atoms with Crippen molar-refractivity contribution in [3.05, 3.63) is 33.8 Å². The predicted octanol–water partition coefficient (Wildman–Crippen LogP) is 3.14. The Morgan fingerprint density at radius 2 is 2.14 bits per heavy atom. The molecule has 1 saturated heterocycles. The Kier molecular flexibility index (Phi) is 5.79. The first-order valence-electron chi connectivity index (χ1n) is 7.19. The van der Waals surface area contributed by atoms with Gasteiger partial charge in [-0.3, -0.25) is 0 Å². The summed E-state index contributed by atoms with van der Waals surface area (Å²) in [4.78, 5) is 11.5. The number of hydrogen-bond donors (Lipinski definition) is 1. The lowest BCUT2D eigenvalue weighted by molar-refractivity contribution is 0.0240. The van der Waals surface area contributed by atoms with Crippen LogP contribution in [0.25, 0.3) is 0 Å². The topological polar surface area (TPSA) is 47.6 Å². The highest BCUT2D eigenvalue weighted by molar-refractivity contribution is 9.10. The molecule has 1 N–H and O–H groups in total. The van der Waals surface area contributed by atoms with E-state index in [2.05, 4.69) is 28.2 Å². The van der Waals surface area contributed by atoms with Crippen LogP contribution in [0.4, 0.5) is 0 Å². The first kappa shape index (κ1) is 16.5. The highest BCUT2D eigenvalue weighted by atomic mass is 79.9. The van der Waals surface area contributed by atoms with Crippen LogP contribution in [0, 0.1) is 5.41 Å². The molecule has 0 radical (unpaired) electrons. The van der Waals surface area contributed by atoms with E-state index in [4.69, 9.17) is 9.47 Å². The molecule has 1 heterocycles. The maximum absolute atomic E-state index is 11.5. The summed E-state index contributed by atoms with van der Waals surface area (Å²) in [7, 11) is 1.39. The molecule has 0 bridgehead atoms. The van der Waals surface area contributed by atoms with Gasteiger partial charge < -0.3 is 14.8 Å². The van der Waals surface area contributed by atoms with Crippen LogP contribution >= 0.6 is 15.9 Å². The molecule has 2 rings (SSSR count). The molecule has 0 aromatic heterocycles. The fourth-order valence-electron chi connectivity index (χ4n) is 2.48. The number of hydrogen-bond acceptors (Lipinski definition) is 4. The third kappa shape index (κ3) is 4.53. The van der Waals surface area contributed by atoms with Crippen LogP contribution < -0.4 is 5.32 Å². The third-order valence-corrected chi connectivity index (χ3v) is 4.78. The minimum atomic E-state index is -0.315. The minimum Gasteiger partial charge on any atom is -0.465 e. The van der Waals surface area contributed by atoms with Gasteiger partial charge in [-0.05, 0) is 36.0 Å². The van der Waals surface area contributed by atoms with Gasteiger partial charge in [0.25, 0.3) is 0 Å². The first-order valence-corrected chi connectivity index (χ1v) is 7.99. The van der Waals surface area contributed by atoms with Crippen LogP contribution in [0.1, 0.15) is 35.7 Å². The average molecular weight is 356 g/mol. The van der Waals surface area contributed by atoms with E-state index >= 15 is 0 Å². The Balaban J connectivity index is 1.90. The predicted molar refractivity (Wildman–Crippen MR) is 85.3 cm³/mol. The van der Waals surface area contributed by atoms with Crippen LogP contribution in [-0.2, 0) is 16.0 Å². The Labute approximate surface area is 134 Å². The summed E-state index contributed by atoms with van der Waals surface area (Å²) in [6.07, 6.45) is 2.20. The van der Waals surface area contributed by atoms with E-state index in [1.165, 1.54) is 7.11 Å². The van der Waals surface area contributed by atoms with Gasteiger partial charge in [-0.1, -0.05) is 28.9 Å². The molecule has 0 atom stereocenters. The summed E-state index contributed by atoms with van der Waals surface area (Å²) in [5, 5.41) is 3.51. The molecule has 0 aliphatic carbocycles. The van der Waals surface area contributed by atoms with Crippen molar-refractivity contribution in [2.24, 2.45) is 5.41 Å². The standard InChI is InChI=1S/C16H22BrNO3/c1-16(5-7-21-8-6-16)11-18-10-13-4-3-12(9-14(13)17)15(19)20-2/h3-4,9,18H,5-8,10-11H2,1-2H3. The number of benzene rings is 1. The number of carbonyl (C=O) groups excluding carboxylic acids is 1. The highest BCUT2D eigenvalue weighted by Crippen LogP contribution is 2.29. The Morgan fingerprint density at radius 1 is 1.43 bits per heavy atom. The molecule has 0 amide bonds. The van der Waals surface area contributed by atoms with Crippen molar-refractivity contribution in [1.29, 1.82) is 0 Å². The molecular weight excluding hydrogens is 334 g/mol. The van der Waals surface area contributed by atoms with E-state index in [1.807, 2.05) is 6.07 Å². The van der Waals surface area contributed by atoms with Crippen molar-refractivity contribution in [2.45, 2.75) is 26.3 Å². The molecule has 4 nitrogen and oxygen atoms in total. The van der Waals surface area contributed by atoms with E-state index in [0.29, 0.717) is 11.0 Å². The third-order valence-electron chi connectivity index (χ3n) is 4.04. The lowest BCUT2D eigenvalue weighted by Gasteiger charge is -2.33. The summed E-state index contributed by atoms with van der Waals surface area (Å²) in [6, 6.07) is 5.55. The molecule has 0 saturated carbocycles. The van der Waals surface area contributed by atoms with E-state index in [1.54, 1.807) is 12.1 Å². The quantitative estimate of drug-likeness (QED) is 0.824. The lowest BCUT2D eigenvalue weighted by Crippen LogP contribution is -2.36. The van der Waals surface area contributed by atoms with Gasteiger partial charge >= 0.3 is 5.97 Å². The van der Waals surface area contributed by atoms with Gasteiger partial charge in [0, 0.05) is 30.8 Å². The molecule has 1 aromatic rings. The van der Waals surface area contributed by atoms with Gasteiger partial charge in [0.1, 0.15) is 0 Å². The van der Waals surface area contributed by atoms with E-state index in [0.717, 1.165) is 49.2 Å². The molecule has 1 aromatic carbocycles. The number of halogens is 1. The fourth-order valence-corrected chi connectivity index (χ4v) is 2.99. The second kappa shape index (κ2) is 7.38. The molecule has 0 unspecified atom stereocenters. The maximum atomic E-state index is 11.5. The van der Waals surface area contributed by atoms with Crippen LogP contribution in [0.5, 0.6) is 0 Å². The summed E-state index contributed by atoms with van der Waals surface area (Å²) in [5.41, 5.74) is 2.01. The summed E-state index contributed by atoms with van der Waals surface area (Å²) >= 11 is 3.52. The summed E-state index contributed by atoms with van der Waals surface area (Å²) in [5.74, 6) is -0.315. The molecule has 116 valence electrons. The fraction of sp³-hybridized carbons (Fsp3) is 0.562. The molecule has 5 heteroatoms. The summed E-state index contributed by atoms with van der Waals surface area (Å²) < 4.78 is 11.1. The van der Waals surface area contributed by atoms with Gasteiger partial charge in [-0.15, -0.1) is 0 Å². The second-order valence-corrected chi connectivity index (χ2v) is 6.68. The van der Waals surface area contributed by atoms with Crippen molar-refractivity contribution in [3.8, 4) is 0 Å². The van der Waals surface area contributed by atoms with Gasteiger partial charge in [0.05, 0.1) is 12.7 Å². The second-order valence-electron chi connectivity index (χ2n) is 5.82. The minimum absolute atomic E-state index is 0.315. The van der Waals surface area contributed by atoms with Crippen LogP contribution in [0.3, 0.4) is 0 Å². The molecular formula is C16H22BrNO3. The first-order chi connectivity index (χ1) is 10.0. The molecule has 1 fully saturated rings. The van der Waals surface area contributed by atoms with Crippen molar-refractivity contribution < 1.29 is 14.3 Å².